The van der Waals surface area contributed by atoms with Crippen molar-refractivity contribution < 1.29 is 8.83 Å². The van der Waals surface area contributed by atoms with E-state index in [0.29, 0.717) is 0 Å². The van der Waals surface area contributed by atoms with Gasteiger partial charge in [0.1, 0.15) is 22.3 Å². The number of nitrogens with zero attached hydrogens (tertiary/aromatic N) is 1. The zero-order valence-electron chi connectivity index (χ0n) is 27.7. The quantitative estimate of drug-likeness (QED) is 0.179. The molecule has 3 heteroatoms. The molecule has 0 aliphatic rings. The molecule has 0 aliphatic carbocycles. The Hall–Kier alpha value is -6.84. The summed E-state index contributed by atoms with van der Waals surface area (Å²) in [5, 5.41) is 4.49. The van der Waals surface area contributed by atoms with Crippen LogP contribution < -0.4 is 4.90 Å². The van der Waals surface area contributed by atoms with Gasteiger partial charge in [-0.15, -0.1) is 0 Å². The van der Waals surface area contributed by atoms with Gasteiger partial charge in [-0.05, 0) is 88.0 Å². The van der Waals surface area contributed by atoms with E-state index in [2.05, 4.69) is 163 Å². The number of para-hydroxylation sites is 2. The van der Waals surface area contributed by atoms with Crippen LogP contribution in [0.3, 0.4) is 0 Å². The lowest BCUT2D eigenvalue weighted by molar-refractivity contribution is 0.668. The fourth-order valence-corrected chi connectivity index (χ4v) is 7.46. The first-order chi connectivity index (χ1) is 25.3. The summed E-state index contributed by atoms with van der Waals surface area (Å²) >= 11 is 0. The molecule has 0 fully saturated rings. The van der Waals surface area contributed by atoms with Crippen LogP contribution in [0.15, 0.2) is 197 Å². The molecule has 0 saturated heterocycles. The molecule has 2 aromatic heterocycles. The Kier molecular flexibility index (Phi) is 6.81. The largest absolute Gasteiger partial charge is 0.456 e. The Bertz CT molecular complexity index is 2830. The lowest BCUT2D eigenvalue weighted by atomic mass is 9.97. The predicted octanol–water partition coefficient (Wildman–Crippen LogP) is 14.0. The summed E-state index contributed by atoms with van der Waals surface area (Å²) in [5.41, 5.74) is 13.8. The summed E-state index contributed by atoms with van der Waals surface area (Å²) < 4.78 is 12.5. The number of rotatable bonds is 6. The van der Waals surface area contributed by atoms with Gasteiger partial charge in [0, 0.05) is 27.5 Å². The number of furan rings is 2. The molecule has 8 aromatic carbocycles. The van der Waals surface area contributed by atoms with Crippen molar-refractivity contribution >= 4 is 60.9 Å². The predicted molar refractivity (Wildman–Crippen MR) is 212 cm³/mol. The van der Waals surface area contributed by atoms with Crippen molar-refractivity contribution in [3.63, 3.8) is 0 Å². The Morgan fingerprint density at radius 1 is 0.294 bits per heavy atom. The number of anilines is 3. The van der Waals surface area contributed by atoms with Crippen LogP contribution in [0.2, 0.25) is 0 Å². The van der Waals surface area contributed by atoms with Gasteiger partial charge in [-0.3, -0.25) is 0 Å². The first-order valence-corrected chi connectivity index (χ1v) is 17.3. The van der Waals surface area contributed by atoms with E-state index >= 15 is 0 Å². The summed E-state index contributed by atoms with van der Waals surface area (Å²) in [5.74, 6) is 0. The third-order valence-electron chi connectivity index (χ3n) is 9.91. The summed E-state index contributed by atoms with van der Waals surface area (Å²) in [7, 11) is 0. The van der Waals surface area contributed by atoms with Crippen LogP contribution in [0, 0.1) is 0 Å². The van der Waals surface area contributed by atoms with Crippen molar-refractivity contribution in [2.75, 3.05) is 4.90 Å². The van der Waals surface area contributed by atoms with E-state index in [0.717, 1.165) is 77.6 Å². The third-order valence-corrected chi connectivity index (χ3v) is 9.91. The summed E-state index contributed by atoms with van der Waals surface area (Å²) in [6, 6.07) is 66.2. The van der Waals surface area contributed by atoms with E-state index in [4.69, 9.17) is 8.83 Å². The average molecular weight is 654 g/mol. The van der Waals surface area contributed by atoms with Gasteiger partial charge in [0.15, 0.2) is 0 Å². The fourth-order valence-electron chi connectivity index (χ4n) is 7.46. The first kappa shape index (κ1) is 29.1. The molecule has 0 unspecified atom stereocenters. The van der Waals surface area contributed by atoms with E-state index in [9.17, 15) is 0 Å². The molecular formula is C48H31NO2. The zero-order valence-corrected chi connectivity index (χ0v) is 27.7. The molecule has 0 atom stereocenters. The SMILES string of the molecule is c1ccc(-c2ccc(N(c3ccc(-c4ccc(-c5cccc6oc7ccccc7c56)cc4)cc3)c3cccc4oc5ccccc5c34)cc2)cc1. The summed E-state index contributed by atoms with van der Waals surface area (Å²) in [6.07, 6.45) is 0. The highest BCUT2D eigenvalue weighted by Crippen LogP contribution is 2.44. The van der Waals surface area contributed by atoms with Crippen LogP contribution >= 0.6 is 0 Å². The molecule has 51 heavy (non-hydrogen) atoms. The van der Waals surface area contributed by atoms with Crippen molar-refractivity contribution in [3.8, 4) is 33.4 Å². The molecule has 0 bridgehead atoms. The van der Waals surface area contributed by atoms with Crippen molar-refractivity contribution in [1.82, 2.24) is 0 Å². The van der Waals surface area contributed by atoms with Gasteiger partial charge in [0.05, 0.1) is 11.1 Å². The number of fused-ring (bicyclic) bond motifs is 6. The molecule has 0 radical (unpaired) electrons. The maximum absolute atomic E-state index is 6.32. The van der Waals surface area contributed by atoms with E-state index in [1.54, 1.807) is 0 Å². The van der Waals surface area contributed by atoms with Gasteiger partial charge in [0.25, 0.3) is 0 Å². The van der Waals surface area contributed by atoms with Gasteiger partial charge >= 0.3 is 0 Å². The smallest absolute Gasteiger partial charge is 0.137 e. The summed E-state index contributed by atoms with van der Waals surface area (Å²) in [6.45, 7) is 0. The minimum absolute atomic E-state index is 0.871. The van der Waals surface area contributed by atoms with E-state index in [-0.39, 0.29) is 0 Å². The standard InChI is InChI=1S/C48H31NO2/c1-2-10-32(11-3-1)34-24-28-37(29-25-34)49(42-15-9-19-46-48(42)41-13-5-7-17-44(41)51-46)38-30-26-35(27-31-38)33-20-22-36(23-21-33)39-14-8-18-45-47(39)40-12-4-6-16-43(40)50-45/h1-31H. The highest BCUT2D eigenvalue weighted by atomic mass is 16.3. The van der Waals surface area contributed by atoms with Crippen LogP contribution in [0.5, 0.6) is 0 Å². The van der Waals surface area contributed by atoms with Gasteiger partial charge < -0.3 is 13.7 Å². The maximum atomic E-state index is 6.32. The van der Waals surface area contributed by atoms with Crippen LogP contribution in [0.1, 0.15) is 0 Å². The second-order valence-corrected chi connectivity index (χ2v) is 12.9. The Labute approximate surface area is 295 Å². The Morgan fingerprint density at radius 3 is 1.33 bits per heavy atom. The molecular weight excluding hydrogens is 623 g/mol. The van der Waals surface area contributed by atoms with Gasteiger partial charge in [-0.1, -0.05) is 133 Å². The van der Waals surface area contributed by atoms with Gasteiger partial charge in [-0.2, -0.15) is 0 Å². The van der Waals surface area contributed by atoms with Crippen LogP contribution in [0.25, 0.3) is 77.3 Å². The van der Waals surface area contributed by atoms with Gasteiger partial charge in [-0.25, -0.2) is 0 Å². The molecule has 0 N–H and O–H groups in total. The first-order valence-electron chi connectivity index (χ1n) is 17.3. The minimum Gasteiger partial charge on any atom is -0.456 e. The lowest BCUT2D eigenvalue weighted by Crippen LogP contribution is -2.10. The number of hydrogen-bond donors (Lipinski definition) is 0. The van der Waals surface area contributed by atoms with Crippen molar-refractivity contribution in [2.45, 2.75) is 0 Å². The van der Waals surface area contributed by atoms with E-state index in [1.807, 2.05) is 30.3 Å². The molecule has 10 rings (SSSR count). The maximum Gasteiger partial charge on any atom is 0.137 e. The van der Waals surface area contributed by atoms with E-state index < -0.39 is 0 Å². The Morgan fingerprint density at radius 2 is 0.725 bits per heavy atom. The molecule has 0 spiro atoms. The Balaban J connectivity index is 1.04. The second-order valence-electron chi connectivity index (χ2n) is 12.9. The van der Waals surface area contributed by atoms with Crippen molar-refractivity contribution in [2.24, 2.45) is 0 Å². The highest BCUT2D eigenvalue weighted by Gasteiger charge is 2.20. The highest BCUT2D eigenvalue weighted by molar-refractivity contribution is 6.14. The monoisotopic (exact) mass is 653 g/mol. The average Bonchev–Trinajstić information content (AvgIpc) is 3.78. The summed E-state index contributed by atoms with van der Waals surface area (Å²) in [4.78, 5) is 2.34. The van der Waals surface area contributed by atoms with Crippen LogP contribution in [-0.2, 0) is 0 Å². The number of hydrogen-bond acceptors (Lipinski definition) is 3. The van der Waals surface area contributed by atoms with Crippen molar-refractivity contribution in [1.29, 1.82) is 0 Å². The molecule has 2 heterocycles. The van der Waals surface area contributed by atoms with Crippen LogP contribution in [-0.4, -0.2) is 0 Å². The zero-order chi connectivity index (χ0) is 33.7. The topological polar surface area (TPSA) is 29.5 Å². The normalized spacial score (nSPS) is 11.5. The molecule has 0 amide bonds. The molecule has 0 aliphatic heterocycles. The van der Waals surface area contributed by atoms with Gasteiger partial charge in [0.2, 0.25) is 0 Å². The number of benzene rings is 8. The van der Waals surface area contributed by atoms with Crippen molar-refractivity contribution in [3.05, 3.63) is 188 Å². The minimum atomic E-state index is 0.871. The van der Waals surface area contributed by atoms with E-state index in [1.165, 1.54) is 16.7 Å². The van der Waals surface area contributed by atoms with Crippen LogP contribution in [0.4, 0.5) is 17.1 Å². The molecule has 240 valence electrons. The fraction of sp³-hybridized carbons (Fsp3) is 0. The molecule has 3 nitrogen and oxygen atoms in total. The second kappa shape index (κ2) is 11.9. The molecule has 10 aromatic rings. The molecule has 0 saturated carbocycles. The third kappa shape index (κ3) is 4.98. The lowest BCUT2D eigenvalue weighted by Gasteiger charge is -2.26.